The van der Waals surface area contributed by atoms with Crippen molar-refractivity contribution in [1.82, 2.24) is 9.97 Å². The summed E-state index contributed by atoms with van der Waals surface area (Å²) in [6, 6.07) is 20.3. The van der Waals surface area contributed by atoms with E-state index < -0.39 is 5.97 Å². The third-order valence-corrected chi connectivity index (χ3v) is 7.89. The smallest absolute Gasteiger partial charge is 0.304 e. The molecule has 6 rings (SSSR count). The summed E-state index contributed by atoms with van der Waals surface area (Å²) in [6.07, 6.45) is 4.78. The van der Waals surface area contributed by atoms with Gasteiger partial charge in [0.2, 0.25) is 0 Å². The Morgan fingerprint density at radius 2 is 2.05 bits per heavy atom. The van der Waals surface area contributed by atoms with Crippen LogP contribution in [0.15, 0.2) is 72.2 Å². The Labute approximate surface area is 219 Å². The molecule has 5 aromatic rings. The minimum absolute atomic E-state index is 0.00669. The summed E-state index contributed by atoms with van der Waals surface area (Å²) >= 11 is 1.61. The second-order valence-electron chi connectivity index (χ2n) is 9.40. The number of para-hydroxylation sites is 1. The number of anilines is 1. The van der Waals surface area contributed by atoms with Crippen molar-refractivity contribution in [3.8, 4) is 5.75 Å². The van der Waals surface area contributed by atoms with E-state index in [1.807, 2.05) is 42.5 Å². The third kappa shape index (κ3) is 5.00. The van der Waals surface area contributed by atoms with Gasteiger partial charge in [0.1, 0.15) is 11.6 Å². The maximum atomic E-state index is 11.8. The minimum atomic E-state index is -0.830. The molecule has 4 heterocycles. The standard InChI is InChI=1S/C30H27N3O3S/c34-29(35)16-25(21-14-20-4-1-2-6-27(20)32-17-21)26-18-37-28-15-23(9-10-24(26)28)36-13-11-22-8-7-19-5-3-12-31-30(19)33-22/h1-2,4,6-10,14-15,17-18,25H,3,5,11-13,16H2,(H,31,33)(H,34,35). The zero-order valence-corrected chi connectivity index (χ0v) is 21.1. The number of aryl methyl sites for hydroxylation is 1. The van der Waals surface area contributed by atoms with Gasteiger partial charge in [-0.2, -0.15) is 0 Å². The normalized spacial score (nSPS) is 13.7. The number of rotatable bonds is 8. The second-order valence-corrected chi connectivity index (χ2v) is 10.3. The van der Waals surface area contributed by atoms with Crippen molar-refractivity contribution in [1.29, 1.82) is 0 Å². The first-order chi connectivity index (χ1) is 18.1. The van der Waals surface area contributed by atoms with Crippen LogP contribution in [0.25, 0.3) is 21.0 Å². The van der Waals surface area contributed by atoms with Gasteiger partial charge in [-0.3, -0.25) is 9.78 Å². The molecular formula is C30H27N3O3S. The fourth-order valence-electron chi connectivity index (χ4n) is 5.03. The molecule has 0 saturated heterocycles. The van der Waals surface area contributed by atoms with Crippen LogP contribution in [-0.4, -0.2) is 34.2 Å². The van der Waals surface area contributed by atoms with E-state index in [0.29, 0.717) is 6.61 Å². The summed E-state index contributed by atoms with van der Waals surface area (Å²) in [6.45, 7) is 1.52. The molecule has 1 aliphatic heterocycles. The highest BCUT2D eigenvalue weighted by Gasteiger charge is 2.22. The maximum absolute atomic E-state index is 11.8. The molecule has 0 radical (unpaired) electrons. The van der Waals surface area contributed by atoms with Crippen LogP contribution >= 0.6 is 11.3 Å². The van der Waals surface area contributed by atoms with Gasteiger partial charge in [-0.25, -0.2) is 4.98 Å². The Kier molecular flexibility index (Phi) is 6.45. The first kappa shape index (κ1) is 23.4. The van der Waals surface area contributed by atoms with Crippen LogP contribution in [-0.2, 0) is 17.6 Å². The van der Waals surface area contributed by atoms with Crippen LogP contribution in [0.5, 0.6) is 5.75 Å². The lowest BCUT2D eigenvalue weighted by atomic mass is 9.88. The van der Waals surface area contributed by atoms with Gasteiger partial charge in [0, 0.05) is 40.9 Å². The Bertz CT molecular complexity index is 1600. The van der Waals surface area contributed by atoms with Crippen LogP contribution in [0, 0.1) is 0 Å². The molecule has 0 fully saturated rings. The number of benzene rings is 2. The van der Waals surface area contributed by atoms with Crippen LogP contribution in [0.2, 0.25) is 0 Å². The summed E-state index contributed by atoms with van der Waals surface area (Å²) in [5.41, 5.74) is 5.13. The molecule has 0 spiro atoms. The molecule has 1 atom stereocenters. The number of nitrogens with one attached hydrogen (secondary N) is 1. The lowest BCUT2D eigenvalue weighted by Crippen LogP contribution is -2.14. The number of carbonyl (C=O) groups is 1. The topological polar surface area (TPSA) is 84.3 Å². The summed E-state index contributed by atoms with van der Waals surface area (Å²) < 4.78 is 7.15. The van der Waals surface area contributed by atoms with Gasteiger partial charge < -0.3 is 15.2 Å². The molecule has 7 heteroatoms. The van der Waals surface area contributed by atoms with Crippen LogP contribution in [0.1, 0.15) is 41.1 Å². The molecule has 2 aromatic carbocycles. The van der Waals surface area contributed by atoms with Crippen molar-refractivity contribution in [2.24, 2.45) is 0 Å². The summed E-state index contributed by atoms with van der Waals surface area (Å²) in [5.74, 6) is 0.704. The van der Waals surface area contributed by atoms with E-state index in [1.54, 1.807) is 17.5 Å². The molecular weight excluding hydrogens is 482 g/mol. The number of nitrogens with zero attached hydrogens (tertiary/aromatic N) is 2. The van der Waals surface area contributed by atoms with Crippen LogP contribution < -0.4 is 10.1 Å². The number of hydrogen-bond donors (Lipinski definition) is 2. The molecule has 186 valence electrons. The lowest BCUT2D eigenvalue weighted by Gasteiger charge is -2.17. The Hall–Kier alpha value is -3.97. The molecule has 1 unspecified atom stereocenters. The Morgan fingerprint density at radius 1 is 1.14 bits per heavy atom. The molecule has 6 nitrogen and oxygen atoms in total. The SMILES string of the molecule is O=C(O)CC(c1cnc2ccccc2c1)c1csc2cc(OCCc3ccc4c(n3)NCCC4)ccc12. The molecule has 2 N–H and O–H groups in total. The first-order valence-electron chi connectivity index (χ1n) is 12.6. The number of aliphatic carboxylic acids is 1. The highest BCUT2D eigenvalue weighted by Crippen LogP contribution is 2.39. The number of thiophene rings is 1. The van der Waals surface area contributed by atoms with E-state index >= 15 is 0 Å². The van der Waals surface area contributed by atoms with Gasteiger partial charge in [0.25, 0.3) is 0 Å². The zero-order valence-electron chi connectivity index (χ0n) is 20.3. The highest BCUT2D eigenvalue weighted by molar-refractivity contribution is 7.17. The summed E-state index contributed by atoms with van der Waals surface area (Å²) in [5, 5.41) is 17.2. The number of hydrogen-bond acceptors (Lipinski definition) is 6. The van der Waals surface area contributed by atoms with Gasteiger partial charge in [0.15, 0.2) is 0 Å². The van der Waals surface area contributed by atoms with Gasteiger partial charge in [-0.1, -0.05) is 24.3 Å². The first-order valence-corrected chi connectivity index (χ1v) is 13.4. The predicted molar refractivity (Wildman–Crippen MR) is 148 cm³/mol. The number of carboxylic acids is 1. The van der Waals surface area contributed by atoms with E-state index in [2.05, 4.69) is 33.9 Å². The minimum Gasteiger partial charge on any atom is -0.493 e. The molecule has 0 saturated carbocycles. The molecule has 0 aliphatic carbocycles. The van der Waals surface area contributed by atoms with Crippen molar-refractivity contribution < 1.29 is 14.6 Å². The van der Waals surface area contributed by atoms with Crippen molar-refractivity contribution >= 4 is 44.1 Å². The quantitative estimate of drug-likeness (QED) is 0.251. The van der Waals surface area contributed by atoms with Crippen molar-refractivity contribution in [2.75, 3.05) is 18.5 Å². The van der Waals surface area contributed by atoms with Gasteiger partial charge in [-0.05, 0) is 76.7 Å². The maximum Gasteiger partial charge on any atom is 0.304 e. The van der Waals surface area contributed by atoms with Crippen LogP contribution in [0.4, 0.5) is 5.82 Å². The number of aromatic nitrogens is 2. The third-order valence-electron chi connectivity index (χ3n) is 6.92. The number of ether oxygens (including phenoxy) is 1. The van der Waals surface area contributed by atoms with Crippen molar-refractivity contribution in [2.45, 2.75) is 31.6 Å². The van der Waals surface area contributed by atoms with E-state index in [4.69, 9.17) is 9.72 Å². The van der Waals surface area contributed by atoms with Gasteiger partial charge in [-0.15, -0.1) is 11.3 Å². The number of pyridine rings is 2. The fourth-order valence-corrected chi connectivity index (χ4v) is 6.07. The lowest BCUT2D eigenvalue weighted by molar-refractivity contribution is -0.137. The zero-order chi connectivity index (χ0) is 25.2. The average Bonchev–Trinajstić information content (AvgIpc) is 3.34. The van der Waals surface area contributed by atoms with Gasteiger partial charge in [0.05, 0.1) is 18.5 Å². The van der Waals surface area contributed by atoms with E-state index in [0.717, 1.165) is 75.2 Å². The largest absolute Gasteiger partial charge is 0.493 e. The van der Waals surface area contributed by atoms with E-state index in [9.17, 15) is 9.90 Å². The monoisotopic (exact) mass is 509 g/mol. The Morgan fingerprint density at radius 3 is 2.97 bits per heavy atom. The van der Waals surface area contributed by atoms with Crippen molar-refractivity contribution in [3.63, 3.8) is 0 Å². The van der Waals surface area contributed by atoms with Crippen molar-refractivity contribution in [3.05, 3.63) is 94.6 Å². The molecule has 0 bridgehead atoms. The predicted octanol–water partition coefficient (Wildman–Crippen LogP) is 6.43. The van der Waals surface area contributed by atoms with E-state index in [1.165, 1.54) is 5.56 Å². The molecule has 37 heavy (non-hydrogen) atoms. The Balaban J connectivity index is 1.21. The second kappa shape index (κ2) is 10.2. The van der Waals surface area contributed by atoms with E-state index in [-0.39, 0.29) is 12.3 Å². The molecule has 0 amide bonds. The number of carboxylic acid groups (broad SMARTS) is 1. The van der Waals surface area contributed by atoms with Gasteiger partial charge >= 0.3 is 5.97 Å². The van der Waals surface area contributed by atoms with Crippen LogP contribution in [0.3, 0.4) is 0 Å². The highest BCUT2D eigenvalue weighted by atomic mass is 32.1. The molecule has 1 aliphatic rings. The summed E-state index contributed by atoms with van der Waals surface area (Å²) in [7, 11) is 0. The number of fused-ring (bicyclic) bond motifs is 3. The average molecular weight is 510 g/mol. The fraction of sp³-hybridized carbons (Fsp3) is 0.233. The molecule has 3 aromatic heterocycles. The summed E-state index contributed by atoms with van der Waals surface area (Å²) in [4.78, 5) is 21.1.